The highest BCUT2D eigenvalue weighted by atomic mass is 16.2. The third kappa shape index (κ3) is 3.64. The van der Waals surface area contributed by atoms with Gasteiger partial charge in [-0.05, 0) is 48.9 Å². The minimum atomic E-state index is 0.0561. The molecule has 134 valence electrons. The molecule has 26 heavy (non-hydrogen) atoms. The second-order valence-electron chi connectivity index (χ2n) is 7.47. The van der Waals surface area contributed by atoms with E-state index in [1.54, 1.807) is 0 Å². The lowest BCUT2D eigenvalue weighted by molar-refractivity contribution is -0.128. The van der Waals surface area contributed by atoms with Gasteiger partial charge in [-0.15, -0.1) is 0 Å². The Balaban J connectivity index is 1.38. The molecule has 0 aromatic heterocycles. The van der Waals surface area contributed by atoms with Crippen LogP contribution in [0.5, 0.6) is 0 Å². The Morgan fingerprint density at radius 3 is 2.81 bits per heavy atom. The van der Waals surface area contributed by atoms with Gasteiger partial charge in [-0.3, -0.25) is 9.59 Å². The molecule has 4 rings (SSSR count). The van der Waals surface area contributed by atoms with E-state index in [0.29, 0.717) is 18.9 Å². The van der Waals surface area contributed by atoms with Gasteiger partial charge in [-0.2, -0.15) is 0 Å². The first-order valence-corrected chi connectivity index (χ1v) is 9.34. The van der Waals surface area contributed by atoms with Crippen LogP contribution >= 0.6 is 0 Å². The molecule has 0 unspecified atom stereocenters. The van der Waals surface area contributed by atoms with Crippen LogP contribution in [-0.4, -0.2) is 23.3 Å². The van der Waals surface area contributed by atoms with Crippen LogP contribution in [0.15, 0.2) is 48.5 Å². The number of hydrogen-bond donors (Lipinski definition) is 1. The SMILES string of the molecule is Cc1cccc([C@@H]2C[C@H]2C(=O)Nc2cccc(CN3CCCC3=O)c2)c1. The number of carbonyl (C=O) groups excluding carboxylic acids is 2. The van der Waals surface area contributed by atoms with Crippen molar-refractivity contribution in [3.8, 4) is 0 Å². The van der Waals surface area contributed by atoms with Gasteiger partial charge in [0.15, 0.2) is 0 Å². The molecule has 2 amide bonds. The van der Waals surface area contributed by atoms with Crippen LogP contribution in [0.2, 0.25) is 0 Å². The van der Waals surface area contributed by atoms with E-state index in [-0.39, 0.29) is 17.7 Å². The van der Waals surface area contributed by atoms with Gasteiger partial charge < -0.3 is 10.2 Å². The number of anilines is 1. The number of likely N-dealkylation sites (tertiary alicyclic amines) is 1. The molecule has 2 aliphatic rings. The van der Waals surface area contributed by atoms with E-state index < -0.39 is 0 Å². The van der Waals surface area contributed by atoms with Crippen LogP contribution in [0.1, 0.15) is 41.9 Å². The fourth-order valence-corrected chi connectivity index (χ4v) is 3.83. The summed E-state index contributed by atoms with van der Waals surface area (Å²) in [6.07, 6.45) is 2.51. The number of benzene rings is 2. The zero-order chi connectivity index (χ0) is 18.1. The van der Waals surface area contributed by atoms with Crippen molar-refractivity contribution in [3.05, 3.63) is 65.2 Å². The van der Waals surface area contributed by atoms with Gasteiger partial charge >= 0.3 is 0 Å². The lowest BCUT2D eigenvalue weighted by atomic mass is 10.1. The average molecular weight is 348 g/mol. The first-order valence-electron chi connectivity index (χ1n) is 9.34. The van der Waals surface area contributed by atoms with Gasteiger partial charge in [0.05, 0.1) is 0 Å². The number of hydrogen-bond acceptors (Lipinski definition) is 2. The molecule has 2 atom stereocenters. The van der Waals surface area contributed by atoms with E-state index >= 15 is 0 Å². The molecule has 1 heterocycles. The first-order chi connectivity index (χ1) is 12.6. The first kappa shape index (κ1) is 16.8. The molecule has 1 aliphatic carbocycles. The summed E-state index contributed by atoms with van der Waals surface area (Å²) in [6, 6.07) is 16.3. The molecule has 1 aliphatic heterocycles. The number of nitrogens with zero attached hydrogens (tertiary/aromatic N) is 1. The van der Waals surface area contributed by atoms with Crippen molar-refractivity contribution in [2.45, 2.75) is 38.6 Å². The summed E-state index contributed by atoms with van der Waals surface area (Å²) < 4.78 is 0. The molecular weight excluding hydrogens is 324 g/mol. The lowest BCUT2D eigenvalue weighted by Crippen LogP contribution is -2.23. The molecular formula is C22H24N2O2. The van der Waals surface area contributed by atoms with Crippen LogP contribution in [0.25, 0.3) is 0 Å². The maximum atomic E-state index is 12.6. The van der Waals surface area contributed by atoms with Crippen molar-refractivity contribution in [3.63, 3.8) is 0 Å². The minimum absolute atomic E-state index is 0.0561. The third-order valence-corrected chi connectivity index (χ3v) is 5.34. The highest BCUT2D eigenvalue weighted by molar-refractivity contribution is 5.95. The Bertz CT molecular complexity index is 846. The number of amides is 2. The van der Waals surface area contributed by atoms with Crippen LogP contribution in [0, 0.1) is 12.8 Å². The van der Waals surface area contributed by atoms with Gasteiger partial charge in [0.25, 0.3) is 0 Å². The summed E-state index contributed by atoms with van der Waals surface area (Å²) in [5.74, 6) is 0.699. The molecule has 2 aromatic carbocycles. The molecule has 2 aromatic rings. The number of nitrogens with one attached hydrogen (secondary N) is 1. The lowest BCUT2D eigenvalue weighted by Gasteiger charge is -2.16. The standard InChI is InChI=1S/C22H24N2O2/c1-15-5-2-7-17(11-15)19-13-20(19)22(26)23-18-8-3-6-16(12-18)14-24-10-4-9-21(24)25/h2-3,5-8,11-12,19-20H,4,9-10,13-14H2,1H3,(H,23,26)/t19-,20+/m0/s1. The minimum Gasteiger partial charge on any atom is -0.338 e. The van der Waals surface area contributed by atoms with Gasteiger partial charge in [0, 0.05) is 31.1 Å². The Hall–Kier alpha value is -2.62. The number of aryl methyl sites for hydroxylation is 1. The van der Waals surface area contributed by atoms with E-state index in [1.165, 1.54) is 11.1 Å². The van der Waals surface area contributed by atoms with Crippen LogP contribution in [0.4, 0.5) is 5.69 Å². The van der Waals surface area contributed by atoms with E-state index in [0.717, 1.165) is 30.6 Å². The summed E-state index contributed by atoms with van der Waals surface area (Å²) in [6.45, 7) is 3.53. The third-order valence-electron chi connectivity index (χ3n) is 5.34. The molecule has 1 saturated heterocycles. The van der Waals surface area contributed by atoms with Crippen molar-refractivity contribution in [1.82, 2.24) is 4.90 Å². The molecule has 4 nitrogen and oxygen atoms in total. The van der Waals surface area contributed by atoms with Crippen LogP contribution in [-0.2, 0) is 16.1 Å². The molecule has 1 saturated carbocycles. The van der Waals surface area contributed by atoms with E-state index in [9.17, 15) is 9.59 Å². The molecule has 1 N–H and O–H groups in total. The topological polar surface area (TPSA) is 49.4 Å². The van der Waals surface area contributed by atoms with Gasteiger partial charge in [-0.1, -0.05) is 42.0 Å². The van der Waals surface area contributed by atoms with Crippen LogP contribution < -0.4 is 5.32 Å². The normalized spacial score (nSPS) is 21.7. The van der Waals surface area contributed by atoms with Crippen LogP contribution in [0.3, 0.4) is 0 Å². The molecule has 0 bridgehead atoms. The monoisotopic (exact) mass is 348 g/mol. The Morgan fingerprint density at radius 1 is 1.19 bits per heavy atom. The quantitative estimate of drug-likeness (QED) is 0.892. The second kappa shape index (κ2) is 6.94. The fraction of sp³-hybridized carbons (Fsp3) is 0.364. The molecule has 0 radical (unpaired) electrons. The van der Waals surface area contributed by atoms with Crippen molar-refractivity contribution in [1.29, 1.82) is 0 Å². The summed E-state index contributed by atoms with van der Waals surface area (Å²) in [7, 11) is 0. The van der Waals surface area contributed by atoms with Crippen molar-refractivity contribution in [2.24, 2.45) is 5.92 Å². The van der Waals surface area contributed by atoms with Crippen molar-refractivity contribution >= 4 is 17.5 Å². The maximum absolute atomic E-state index is 12.6. The van der Waals surface area contributed by atoms with E-state index in [1.807, 2.05) is 29.2 Å². The number of carbonyl (C=O) groups is 2. The smallest absolute Gasteiger partial charge is 0.228 e. The zero-order valence-corrected chi connectivity index (χ0v) is 15.1. The average Bonchev–Trinajstić information content (AvgIpc) is 3.33. The van der Waals surface area contributed by atoms with Gasteiger partial charge in [-0.25, -0.2) is 0 Å². The van der Waals surface area contributed by atoms with Gasteiger partial charge in [0.2, 0.25) is 11.8 Å². The summed E-state index contributed by atoms with van der Waals surface area (Å²) in [4.78, 5) is 26.3. The molecule has 4 heteroatoms. The van der Waals surface area contributed by atoms with E-state index in [4.69, 9.17) is 0 Å². The van der Waals surface area contributed by atoms with Gasteiger partial charge in [0.1, 0.15) is 0 Å². The Morgan fingerprint density at radius 2 is 2.04 bits per heavy atom. The maximum Gasteiger partial charge on any atom is 0.228 e. The second-order valence-corrected chi connectivity index (χ2v) is 7.47. The molecule has 2 fully saturated rings. The summed E-state index contributed by atoms with van der Waals surface area (Å²) in [5.41, 5.74) is 4.36. The fourth-order valence-electron chi connectivity index (χ4n) is 3.83. The predicted octanol–water partition coefficient (Wildman–Crippen LogP) is 3.86. The van der Waals surface area contributed by atoms with E-state index in [2.05, 4.69) is 36.5 Å². The summed E-state index contributed by atoms with van der Waals surface area (Å²) >= 11 is 0. The Labute approximate surface area is 154 Å². The molecule has 0 spiro atoms. The Kier molecular flexibility index (Phi) is 4.49. The largest absolute Gasteiger partial charge is 0.338 e. The number of rotatable bonds is 5. The highest BCUT2D eigenvalue weighted by Gasteiger charge is 2.43. The zero-order valence-electron chi connectivity index (χ0n) is 15.1. The van der Waals surface area contributed by atoms with Crippen molar-refractivity contribution in [2.75, 3.05) is 11.9 Å². The van der Waals surface area contributed by atoms with Crippen molar-refractivity contribution < 1.29 is 9.59 Å². The highest BCUT2D eigenvalue weighted by Crippen LogP contribution is 2.48. The summed E-state index contributed by atoms with van der Waals surface area (Å²) in [5, 5.41) is 3.05. The predicted molar refractivity (Wildman–Crippen MR) is 102 cm³/mol.